The van der Waals surface area contributed by atoms with Crippen molar-refractivity contribution in [1.29, 1.82) is 0 Å². The molecule has 0 atom stereocenters. The summed E-state index contributed by atoms with van der Waals surface area (Å²) in [7, 11) is -0.214. The third-order valence-electron chi connectivity index (χ3n) is 7.76. The number of hydrogen-bond donors (Lipinski definition) is 1. The smallest absolute Gasteiger partial charge is 0.295 e. The van der Waals surface area contributed by atoms with Gasteiger partial charge in [-0.15, -0.1) is 5.10 Å². The van der Waals surface area contributed by atoms with Crippen molar-refractivity contribution in [2.45, 2.75) is 77.6 Å². The topological polar surface area (TPSA) is 108 Å². The van der Waals surface area contributed by atoms with E-state index in [1.165, 1.54) is 23.7 Å². The number of hydrogen-bond acceptors (Lipinski definition) is 9. The lowest BCUT2D eigenvalue weighted by Gasteiger charge is -2.41. The van der Waals surface area contributed by atoms with Crippen LogP contribution in [-0.4, -0.2) is 54.2 Å². The van der Waals surface area contributed by atoms with Crippen LogP contribution in [0.25, 0.3) is 11.1 Å². The van der Waals surface area contributed by atoms with Crippen molar-refractivity contribution in [1.82, 2.24) is 20.2 Å². The molecule has 1 saturated carbocycles. The van der Waals surface area contributed by atoms with E-state index in [0.717, 1.165) is 31.4 Å². The second-order valence-electron chi connectivity index (χ2n) is 11.7. The highest BCUT2D eigenvalue weighted by Crippen LogP contribution is 2.40. The molecule has 3 aromatic rings. The van der Waals surface area contributed by atoms with E-state index in [0.29, 0.717) is 56.5 Å². The first-order valence-electron chi connectivity index (χ1n) is 13.5. The van der Waals surface area contributed by atoms with Gasteiger partial charge in [0.05, 0.1) is 25.5 Å². The van der Waals surface area contributed by atoms with Gasteiger partial charge in [0.1, 0.15) is 10.9 Å². The number of aromatic nitrogens is 4. The van der Waals surface area contributed by atoms with Crippen LogP contribution in [0.15, 0.2) is 24.5 Å². The lowest BCUT2D eigenvalue weighted by atomic mass is 9.88. The predicted octanol–water partition coefficient (Wildman–Crippen LogP) is 7.18. The fourth-order valence-electron chi connectivity index (χ4n) is 4.44. The number of anilines is 1. The molecule has 0 spiro atoms. The molecule has 12 heteroatoms. The Morgan fingerprint density at radius 3 is 2.50 bits per heavy atom. The van der Waals surface area contributed by atoms with E-state index in [1.54, 1.807) is 13.2 Å². The molecular weight excluding hydrogens is 566 g/mol. The van der Waals surface area contributed by atoms with Gasteiger partial charge < -0.3 is 13.9 Å². The number of amides is 1. The van der Waals surface area contributed by atoms with E-state index in [2.05, 4.69) is 59.3 Å². The van der Waals surface area contributed by atoms with E-state index in [-0.39, 0.29) is 10.9 Å². The van der Waals surface area contributed by atoms with E-state index in [1.807, 2.05) is 13.0 Å². The largest absolute Gasteiger partial charge is 0.494 e. The van der Waals surface area contributed by atoms with Crippen molar-refractivity contribution in [3.05, 3.63) is 40.9 Å². The van der Waals surface area contributed by atoms with Crippen molar-refractivity contribution < 1.29 is 18.7 Å². The SMILES string of the molecule is COc1cnc(Cl)cc1-c1cc(C)ncc1C(=O)Nc1nnc(OCC2CCC(O[Si](C)(C)C(C)(C)C)CC2)s1. The molecule has 216 valence electrons. The summed E-state index contributed by atoms with van der Waals surface area (Å²) in [4.78, 5) is 21.6. The number of methoxy groups -OCH3 is 1. The molecule has 40 heavy (non-hydrogen) atoms. The Hall–Kier alpha value is -2.60. The fraction of sp³-hybridized carbons (Fsp3) is 0.536. The number of carbonyl (C=O) groups is 1. The number of nitrogens with zero attached hydrogens (tertiary/aromatic N) is 4. The first-order chi connectivity index (χ1) is 18.9. The molecule has 4 rings (SSSR count). The zero-order valence-electron chi connectivity index (χ0n) is 24.2. The normalized spacial score (nSPS) is 17.9. The molecule has 1 amide bonds. The van der Waals surface area contributed by atoms with Gasteiger partial charge in [0.25, 0.3) is 11.1 Å². The molecule has 1 fully saturated rings. The van der Waals surface area contributed by atoms with E-state index < -0.39 is 8.32 Å². The monoisotopic (exact) mass is 603 g/mol. The van der Waals surface area contributed by atoms with Crippen LogP contribution in [0, 0.1) is 12.8 Å². The van der Waals surface area contributed by atoms with Crippen molar-refractivity contribution in [3.8, 4) is 22.1 Å². The maximum Gasteiger partial charge on any atom is 0.295 e. The van der Waals surface area contributed by atoms with Crippen molar-refractivity contribution in [2.24, 2.45) is 5.92 Å². The van der Waals surface area contributed by atoms with Crippen LogP contribution in [0.4, 0.5) is 5.13 Å². The van der Waals surface area contributed by atoms with Gasteiger partial charge in [-0.1, -0.05) is 37.5 Å². The summed E-state index contributed by atoms with van der Waals surface area (Å²) in [6, 6.07) is 3.47. The molecule has 0 bridgehead atoms. The van der Waals surface area contributed by atoms with Gasteiger partial charge in [-0.05, 0) is 80.1 Å². The molecule has 0 radical (unpaired) electrons. The molecule has 3 aromatic heterocycles. The summed E-state index contributed by atoms with van der Waals surface area (Å²) in [5, 5.41) is 12.3. The summed E-state index contributed by atoms with van der Waals surface area (Å²) in [6.07, 6.45) is 7.62. The third kappa shape index (κ3) is 7.37. The Morgan fingerprint density at radius 2 is 1.82 bits per heavy atom. The minimum Gasteiger partial charge on any atom is -0.494 e. The van der Waals surface area contributed by atoms with Crippen LogP contribution in [0.1, 0.15) is 62.5 Å². The van der Waals surface area contributed by atoms with Crippen molar-refractivity contribution >= 4 is 42.3 Å². The number of pyridine rings is 2. The Morgan fingerprint density at radius 1 is 1.10 bits per heavy atom. The highest BCUT2D eigenvalue weighted by Gasteiger charge is 2.39. The molecule has 9 nitrogen and oxygen atoms in total. The Bertz CT molecular complexity index is 1340. The lowest BCUT2D eigenvalue weighted by molar-refractivity contribution is 0.0983. The molecule has 0 saturated heterocycles. The predicted molar refractivity (Wildman–Crippen MR) is 161 cm³/mol. The quantitative estimate of drug-likeness (QED) is 0.202. The van der Waals surface area contributed by atoms with E-state index >= 15 is 0 Å². The summed E-state index contributed by atoms with van der Waals surface area (Å²) in [6.45, 7) is 13.9. The van der Waals surface area contributed by atoms with Gasteiger partial charge in [0, 0.05) is 29.1 Å². The summed E-state index contributed by atoms with van der Waals surface area (Å²) in [5.74, 6) is 0.570. The van der Waals surface area contributed by atoms with Gasteiger partial charge >= 0.3 is 0 Å². The molecule has 1 aliphatic carbocycles. The Kier molecular flexibility index (Phi) is 9.49. The van der Waals surface area contributed by atoms with Crippen LogP contribution >= 0.6 is 22.9 Å². The van der Waals surface area contributed by atoms with Crippen LogP contribution in [-0.2, 0) is 4.43 Å². The number of aryl methyl sites for hydroxylation is 1. The Balaban J connectivity index is 1.35. The van der Waals surface area contributed by atoms with Gasteiger partial charge in [0.15, 0.2) is 8.32 Å². The van der Waals surface area contributed by atoms with Crippen molar-refractivity contribution in [2.75, 3.05) is 19.0 Å². The van der Waals surface area contributed by atoms with E-state index in [4.69, 9.17) is 25.5 Å². The molecule has 0 aromatic carbocycles. The number of nitrogens with one attached hydrogen (secondary N) is 1. The Labute approximate surface area is 246 Å². The number of ether oxygens (including phenoxy) is 2. The maximum atomic E-state index is 13.3. The average molecular weight is 604 g/mol. The molecule has 3 heterocycles. The first kappa shape index (κ1) is 30.4. The van der Waals surface area contributed by atoms with Gasteiger partial charge in [-0.2, -0.15) is 0 Å². The number of halogens is 1. The van der Waals surface area contributed by atoms with Crippen LogP contribution in [0.5, 0.6) is 10.9 Å². The van der Waals surface area contributed by atoms with Crippen LogP contribution < -0.4 is 14.8 Å². The zero-order chi connectivity index (χ0) is 29.1. The van der Waals surface area contributed by atoms with Crippen LogP contribution in [0.3, 0.4) is 0 Å². The van der Waals surface area contributed by atoms with Crippen molar-refractivity contribution in [3.63, 3.8) is 0 Å². The molecular formula is C28H38ClN5O4SSi. The second-order valence-corrected chi connectivity index (χ2v) is 17.8. The van der Waals surface area contributed by atoms with Gasteiger partial charge in [0.2, 0.25) is 5.13 Å². The number of rotatable bonds is 9. The van der Waals surface area contributed by atoms with E-state index in [9.17, 15) is 4.79 Å². The van der Waals surface area contributed by atoms with Gasteiger partial charge in [-0.3, -0.25) is 15.1 Å². The first-order valence-corrected chi connectivity index (χ1v) is 17.6. The minimum absolute atomic E-state index is 0.217. The minimum atomic E-state index is -1.76. The summed E-state index contributed by atoms with van der Waals surface area (Å²) < 4.78 is 18.0. The average Bonchev–Trinajstić information content (AvgIpc) is 3.34. The third-order valence-corrected chi connectivity index (χ3v) is 13.3. The highest BCUT2D eigenvalue weighted by molar-refractivity contribution is 7.17. The maximum absolute atomic E-state index is 13.3. The zero-order valence-corrected chi connectivity index (χ0v) is 26.8. The molecule has 0 unspecified atom stereocenters. The summed E-state index contributed by atoms with van der Waals surface area (Å²) in [5.41, 5.74) is 2.36. The lowest BCUT2D eigenvalue weighted by Crippen LogP contribution is -2.44. The molecule has 1 aliphatic rings. The molecule has 1 N–H and O–H groups in total. The summed E-state index contributed by atoms with van der Waals surface area (Å²) >= 11 is 7.34. The second kappa shape index (κ2) is 12.5. The van der Waals surface area contributed by atoms with Gasteiger partial charge in [-0.25, -0.2) is 4.98 Å². The highest BCUT2D eigenvalue weighted by atomic mass is 35.5. The standard InChI is InChI=1S/C28H38ClN5O4SSi/c1-17-12-20(21-13-24(29)31-15-23(21)36-5)22(14-30-17)25(35)32-26-33-34-27(39-26)37-16-18-8-10-19(11-9-18)38-40(6,7)28(2,3)4/h12-15,18-19H,8-11,16H2,1-7H3,(H,32,33,35). The fourth-order valence-corrected chi connectivity index (χ4v) is 6.62. The number of carbonyl (C=O) groups excluding carboxylic acids is 1. The molecule has 0 aliphatic heterocycles. The van der Waals surface area contributed by atoms with Crippen LogP contribution in [0.2, 0.25) is 23.3 Å².